The van der Waals surface area contributed by atoms with Crippen molar-refractivity contribution in [1.29, 1.82) is 0 Å². The van der Waals surface area contributed by atoms with Gasteiger partial charge in [-0.1, -0.05) is 0 Å². The normalized spacial score (nSPS) is 10.8. The predicted octanol–water partition coefficient (Wildman–Crippen LogP) is 1.69. The molecule has 1 amide bonds. The second-order valence-corrected chi connectivity index (χ2v) is 6.64. The van der Waals surface area contributed by atoms with Crippen LogP contribution in [0.5, 0.6) is 0 Å². The van der Waals surface area contributed by atoms with E-state index in [1.54, 1.807) is 16.7 Å². The van der Waals surface area contributed by atoms with E-state index in [1.807, 2.05) is 13.8 Å². The minimum atomic E-state index is -0.122. The maximum atomic E-state index is 11.9. The Hall–Kier alpha value is -1.31. The van der Waals surface area contributed by atoms with Gasteiger partial charge in [0.1, 0.15) is 5.69 Å². The van der Waals surface area contributed by atoms with E-state index in [9.17, 15) is 4.79 Å². The molecule has 0 aliphatic heterocycles. The first-order valence-corrected chi connectivity index (χ1v) is 8.15. The van der Waals surface area contributed by atoms with Gasteiger partial charge in [-0.05, 0) is 20.4 Å². The zero-order valence-electron chi connectivity index (χ0n) is 11.6. The summed E-state index contributed by atoms with van der Waals surface area (Å²) < 4.78 is 0. The second kappa shape index (κ2) is 6.92. The van der Waals surface area contributed by atoms with Gasteiger partial charge in [-0.2, -0.15) is 0 Å². The Kier molecular flexibility index (Phi) is 5.22. The fourth-order valence-corrected chi connectivity index (χ4v) is 3.57. The SMILES string of the molecule is Cc1nc(C)c(CCNC(=O)c2csc(CCN)n2)s1. The zero-order chi connectivity index (χ0) is 14.5. The molecule has 3 N–H and O–H groups in total. The van der Waals surface area contributed by atoms with Crippen LogP contribution in [0.25, 0.3) is 0 Å². The van der Waals surface area contributed by atoms with Crippen LogP contribution < -0.4 is 11.1 Å². The first-order valence-electron chi connectivity index (χ1n) is 6.45. The highest BCUT2D eigenvalue weighted by molar-refractivity contribution is 7.11. The molecule has 0 saturated carbocycles. The summed E-state index contributed by atoms with van der Waals surface area (Å²) in [5.41, 5.74) is 7.01. The van der Waals surface area contributed by atoms with Gasteiger partial charge in [0.15, 0.2) is 0 Å². The summed E-state index contributed by atoms with van der Waals surface area (Å²) in [5.74, 6) is -0.122. The topological polar surface area (TPSA) is 80.9 Å². The van der Waals surface area contributed by atoms with Crippen molar-refractivity contribution in [3.05, 3.63) is 31.7 Å². The molecule has 2 aromatic rings. The summed E-state index contributed by atoms with van der Waals surface area (Å²) in [6, 6.07) is 0. The summed E-state index contributed by atoms with van der Waals surface area (Å²) in [5, 5.41) is 6.65. The zero-order valence-corrected chi connectivity index (χ0v) is 13.2. The van der Waals surface area contributed by atoms with Gasteiger partial charge in [-0.15, -0.1) is 22.7 Å². The lowest BCUT2D eigenvalue weighted by Crippen LogP contribution is -2.26. The van der Waals surface area contributed by atoms with Gasteiger partial charge in [0.05, 0.1) is 15.7 Å². The predicted molar refractivity (Wildman–Crippen MR) is 82.5 cm³/mol. The highest BCUT2D eigenvalue weighted by Crippen LogP contribution is 2.17. The quantitative estimate of drug-likeness (QED) is 0.851. The Morgan fingerprint density at radius 3 is 2.80 bits per heavy atom. The van der Waals surface area contributed by atoms with Crippen molar-refractivity contribution in [3.8, 4) is 0 Å². The van der Waals surface area contributed by atoms with E-state index in [0.717, 1.165) is 28.6 Å². The average molecular weight is 310 g/mol. The molecule has 2 heterocycles. The van der Waals surface area contributed by atoms with Crippen molar-refractivity contribution in [1.82, 2.24) is 15.3 Å². The molecule has 0 aliphatic carbocycles. The summed E-state index contributed by atoms with van der Waals surface area (Å²) in [6.07, 6.45) is 1.53. The van der Waals surface area contributed by atoms with Crippen molar-refractivity contribution in [3.63, 3.8) is 0 Å². The minimum absolute atomic E-state index is 0.122. The van der Waals surface area contributed by atoms with E-state index in [2.05, 4.69) is 15.3 Å². The average Bonchev–Trinajstić information content (AvgIpc) is 2.97. The molecular formula is C13H18N4OS2. The molecule has 7 heteroatoms. The number of nitrogens with one attached hydrogen (secondary N) is 1. The number of aromatic nitrogens is 2. The lowest BCUT2D eigenvalue weighted by molar-refractivity contribution is 0.0949. The summed E-state index contributed by atoms with van der Waals surface area (Å²) in [4.78, 5) is 21.8. The van der Waals surface area contributed by atoms with E-state index < -0.39 is 0 Å². The molecule has 0 saturated heterocycles. The third-order valence-electron chi connectivity index (χ3n) is 2.78. The standard InChI is InChI=1S/C13H18N4OS2/c1-8-11(20-9(2)16-8)4-6-15-13(18)10-7-19-12(17-10)3-5-14/h7H,3-6,14H2,1-2H3,(H,15,18). The fourth-order valence-electron chi connectivity index (χ4n) is 1.84. The Balaban J connectivity index is 1.84. The molecular weight excluding hydrogens is 292 g/mol. The molecule has 0 atom stereocenters. The molecule has 0 fully saturated rings. The molecule has 5 nitrogen and oxygen atoms in total. The van der Waals surface area contributed by atoms with E-state index in [1.165, 1.54) is 16.2 Å². The monoisotopic (exact) mass is 310 g/mol. The van der Waals surface area contributed by atoms with Crippen LogP contribution in [0, 0.1) is 13.8 Å². The van der Waals surface area contributed by atoms with Crippen LogP contribution in [0.1, 0.15) is 31.1 Å². The van der Waals surface area contributed by atoms with Crippen molar-refractivity contribution < 1.29 is 4.79 Å². The largest absolute Gasteiger partial charge is 0.350 e. The molecule has 0 aliphatic rings. The first kappa shape index (κ1) is 15.1. The number of nitrogens with two attached hydrogens (primary N) is 1. The molecule has 2 rings (SSSR count). The molecule has 20 heavy (non-hydrogen) atoms. The number of rotatable bonds is 6. The second-order valence-electron chi connectivity index (χ2n) is 4.41. The highest BCUT2D eigenvalue weighted by atomic mass is 32.1. The van der Waals surface area contributed by atoms with Gasteiger partial charge in [-0.3, -0.25) is 4.79 Å². The molecule has 0 bridgehead atoms. The molecule has 0 radical (unpaired) electrons. The Labute approximate surface area is 126 Å². The van der Waals surface area contributed by atoms with E-state index in [0.29, 0.717) is 18.8 Å². The van der Waals surface area contributed by atoms with Crippen LogP contribution >= 0.6 is 22.7 Å². The number of hydrogen-bond donors (Lipinski definition) is 2. The molecule has 0 unspecified atom stereocenters. The maximum Gasteiger partial charge on any atom is 0.270 e. The summed E-state index contributed by atoms with van der Waals surface area (Å²) in [6.45, 7) is 5.15. The van der Waals surface area contributed by atoms with Crippen LogP contribution in [0.2, 0.25) is 0 Å². The van der Waals surface area contributed by atoms with Gasteiger partial charge in [0.25, 0.3) is 5.91 Å². The van der Waals surface area contributed by atoms with Gasteiger partial charge in [0.2, 0.25) is 0 Å². The van der Waals surface area contributed by atoms with Gasteiger partial charge >= 0.3 is 0 Å². The Bertz CT molecular complexity index is 591. The summed E-state index contributed by atoms with van der Waals surface area (Å²) in [7, 11) is 0. The van der Waals surface area contributed by atoms with Crippen LogP contribution in [-0.4, -0.2) is 29.0 Å². The minimum Gasteiger partial charge on any atom is -0.350 e. The highest BCUT2D eigenvalue weighted by Gasteiger charge is 2.11. The number of carbonyl (C=O) groups is 1. The third kappa shape index (κ3) is 3.84. The van der Waals surface area contributed by atoms with Crippen molar-refractivity contribution in [2.75, 3.05) is 13.1 Å². The number of hydrogen-bond acceptors (Lipinski definition) is 6. The molecule has 0 spiro atoms. The van der Waals surface area contributed by atoms with Crippen molar-refractivity contribution in [2.24, 2.45) is 5.73 Å². The first-order chi connectivity index (χ1) is 9.60. The Morgan fingerprint density at radius 2 is 2.15 bits per heavy atom. The van der Waals surface area contributed by atoms with Crippen LogP contribution in [0.3, 0.4) is 0 Å². The van der Waals surface area contributed by atoms with Gasteiger partial charge < -0.3 is 11.1 Å². The molecule has 2 aromatic heterocycles. The van der Waals surface area contributed by atoms with Crippen LogP contribution in [-0.2, 0) is 12.8 Å². The molecule has 108 valence electrons. The van der Waals surface area contributed by atoms with Gasteiger partial charge in [0, 0.05) is 29.6 Å². The summed E-state index contributed by atoms with van der Waals surface area (Å²) >= 11 is 3.16. The number of carbonyl (C=O) groups excluding carboxylic acids is 1. The van der Waals surface area contributed by atoms with Gasteiger partial charge in [-0.25, -0.2) is 9.97 Å². The number of nitrogens with zero attached hydrogens (tertiary/aromatic N) is 2. The maximum absolute atomic E-state index is 11.9. The fraction of sp³-hybridized carbons (Fsp3) is 0.462. The molecule has 0 aromatic carbocycles. The van der Waals surface area contributed by atoms with E-state index in [-0.39, 0.29) is 5.91 Å². The lowest BCUT2D eigenvalue weighted by atomic mass is 10.3. The lowest BCUT2D eigenvalue weighted by Gasteiger charge is -2.02. The Morgan fingerprint density at radius 1 is 1.35 bits per heavy atom. The third-order valence-corrected chi connectivity index (χ3v) is 4.82. The van der Waals surface area contributed by atoms with E-state index >= 15 is 0 Å². The van der Waals surface area contributed by atoms with Crippen LogP contribution in [0.4, 0.5) is 0 Å². The smallest absolute Gasteiger partial charge is 0.270 e. The number of aryl methyl sites for hydroxylation is 2. The van der Waals surface area contributed by atoms with Crippen molar-refractivity contribution in [2.45, 2.75) is 26.7 Å². The number of thiazole rings is 2. The van der Waals surface area contributed by atoms with Crippen LogP contribution in [0.15, 0.2) is 5.38 Å². The number of amides is 1. The van der Waals surface area contributed by atoms with Crippen molar-refractivity contribution >= 4 is 28.6 Å². The van der Waals surface area contributed by atoms with E-state index in [4.69, 9.17) is 5.73 Å².